The Morgan fingerprint density at radius 3 is 2.08 bits per heavy atom. The maximum atomic E-state index is 11.8. The average Bonchev–Trinajstić information content (AvgIpc) is 2.62. The number of carboxylic acid groups (broad SMARTS) is 1. The number of rotatable bonds is 8. The zero-order chi connectivity index (χ0) is 19.1. The summed E-state index contributed by atoms with van der Waals surface area (Å²) >= 11 is 0. The van der Waals surface area contributed by atoms with Crippen LogP contribution in [0.2, 0.25) is 0 Å². The largest absolute Gasteiger partial charge is 0.497 e. The van der Waals surface area contributed by atoms with Gasteiger partial charge in [-0.2, -0.15) is 0 Å². The summed E-state index contributed by atoms with van der Waals surface area (Å²) in [6.07, 6.45) is -0.664. The molecule has 0 aliphatic rings. The lowest BCUT2D eigenvalue weighted by Gasteiger charge is -2.15. The van der Waals surface area contributed by atoms with Gasteiger partial charge in [-0.15, -0.1) is 0 Å². The van der Waals surface area contributed by atoms with Crippen LogP contribution in [0.15, 0.2) is 36.4 Å². The summed E-state index contributed by atoms with van der Waals surface area (Å²) in [7, 11) is 4.51. The van der Waals surface area contributed by atoms with E-state index in [2.05, 4.69) is 5.32 Å². The molecule has 1 amide bonds. The molecule has 0 atom stereocenters. The van der Waals surface area contributed by atoms with E-state index in [-0.39, 0.29) is 5.69 Å². The van der Waals surface area contributed by atoms with Crippen molar-refractivity contribution in [3.63, 3.8) is 0 Å². The molecule has 8 nitrogen and oxygen atoms in total. The Labute approximate surface area is 150 Å². The number of anilines is 1. The number of hydrogen-bond donors (Lipinski definition) is 2. The summed E-state index contributed by atoms with van der Waals surface area (Å²) in [4.78, 5) is 22.5. The number of carboxylic acids is 1. The Morgan fingerprint density at radius 1 is 0.885 bits per heavy atom. The molecule has 2 rings (SSSR count). The molecule has 8 heteroatoms. The zero-order valence-corrected chi connectivity index (χ0v) is 14.6. The molecule has 2 aromatic rings. The van der Waals surface area contributed by atoms with Gasteiger partial charge in [-0.3, -0.25) is 9.59 Å². The number of nitrogens with one attached hydrogen (secondary N) is 1. The number of ether oxygens (including phenoxy) is 4. The SMILES string of the molecule is COc1ccc(Oc2ccc(OC)cc2OC)c(NC(=O)CC(=O)O)c1. The second kappa shape index (κ2) is 8.61. The predicted octanol–water partition coefficient (Wildman–Crippen LogP) is 2.92. The van der Waals surface area contributed by atoms with Crippen molar-refractivity contribution in [1.82, 2.24) is 0 Å². The van der Waals surface area contributed by atoms with Crippen LogP contribution in [0.3, 0.4) is 0 Å². The summed E-state index contributed by atoms with van der Waals surface area (Å²) in [5.74, 6) is 0.286. The lowest BCUT2D eigenvalue weighted by molar-refractivity contribution is -0.139. The highest BCUT2D eigenvalue weighted by atomic mass is 16.5. The molecule has 0 radical (unpaired) electrons. The van der Waals surface area contributed by atoms with E-state index in [0.717, 1.165) is 0 Å². The zero-order valence-electron chi connectivity index (χ0n) is 14.6. The third-order valence-electron chi connectivity index (χ3n) is 3.36. The molecule has 2 aromatic carbocycles. The normalized spacial score (nSPS) is 9.96. The van der Waals surface area contributed by atoms with E-state index in [0.29, 0.717) is 28.7 Å². The van der Waals surface area contributed by atoms with Crippen molar-refractivity contribution in [3.8, 4) is 28.7 Å². The van der Waals surface area contributed by atoms with Crippen molar-refractivity contribution in [2.45, 2.75) is 6.42 Å². The molecule has 138 valence electrons. The molecule has 0 saturated carbocycles. The first-order valence-electron chi connectivity index (χ1n) is 7.56. The Morgan fingerprint density at radius 2 is 1.50 bits per heavy atom. The molecule has 2 N–H and O–H groups in total. The second-order valence-electron chi connectivity index (χ2n) is 5.10. The van der Waals surface area contributed by atoms with E-state index in [1.807, 2.05) is 0 Å². The van der Waals surface area contributed by atoms with Crippen molar-refractivity contribution in [2.24, 2.45) is 0 Å². The molecular weight excluding hydrogens is 342 g/mol. The molecule has 0 aliphatic carbocycles. The van der Waals surface area contributed by atoms with Gasteiger partial charge in [0.15, 0.2) is 17.2 Å². The van der Waals surface area contributed by atoms with Crippen LogP contribution in [-0.2, 0) is 9.59 Å². The van der Waals surface area contributed by atoms with Gasteiger partial charge >= 0.3 is 5.97 Å². The third-order valence-corrected chi connectivity index (χ3v) is 3.36. The van der Waals surface area contributed by atoms with Crippen LogP contribution in [0.4, 0.5) is 5.69 Å². The first-order chi connectivity index (χ1) is 12.5. The summed E-state index contributed by atoms with van der Waals surface area (Å²) in [6.45, 7) is 0. The monoisotopic (exact) mass is 361 g/mol. The molecular formula is C18H19NO7. The Hall–Kier alpha value is -3.42. The van der Waals surface area contributed by atoms with Gasteiger partial charge in [0.25, 0.3) is 0 Å². The number of methoxy groups -OCH3 is 3. The fourth-order valence-corrected chi connectivity index (χ4v) is 2.13. The van der Waals surface area contributed by atoms with Gasteiger partial charge in [0.1, 0.15) is 17.9 Å². The van der Waals surface area contributed by atoms with Crippen LogP contribution in [0, 0.1) is 0 Å². The van der Waals surface area contributed by atoms with E-state index in [4.69, 9.17) is 24.1 Å². The molecule has 0 aromatic heterocycles. The van der Waals surface area contributed by atoms with Crippen molar-refractivity contribution in [3.05, 3.63) is 36.4 Å². The van der Waals surface area contributed by atoms with Crippen molar-refractivity contribution in [2.75, 3.05) is 26.6 Å². The number of aliphatic carboxylic acids is 1. The van der Waals surface area contributed by atoms with E-state index in [9.17, 15) is 9.59 Å². The van der Waals surface area contributed by atoms with Crippen molar-refractivity contribution < 1.29 is 33.6 Å². The molecule has 0 bridgehead atoms. The first kappa shape index (κ1) is 18.9. The highest BCUT2D eigenvalue weighted by Crippen LogP contribution is 2.38. The van der Waals surface area contributed by atoms with E-state index in [1.54, 1.807) is 30.3 Å². The van der Waals surface area contributed by atoms with Crippen LogP contribution >= 0.6 is 0 Å². The topological polar surface area (TPSA) is 103 Å². The molecule has 0 spiro atoms. The fourth-order valence-electron chi connectivity index (χ4n) is 2.13. The van der Waals surface area contributed by atoms with Crippen molar-refractivity contribution in [1.29, 1.82) is 0 Å². The molecule has 0 fully saturated rings. The third kappa shape index (κ3) is 4.79. The minimum atomic E-state index is -1.23. The summed E-state index contributed by atoms with van der Waals surface area (Å²) in [5.41, 5.74) is 0.272. The summed E-state index contributed by atoms with van der Waals surface area (Å²) in [5, 5.41) is 11.2. The van der Waals surface area contributed by atoms with Crippen LogP contribution in [0.1, 0.15) is 6.42 Å². The number of amides is 1. The summed E-state index contributed by atoms with van der Waals surface area (Å²) < 4.78 is 21.4. The number of carbonyl (C=O) groups excluding carboxylic acids is 1. The maximum absolute atomic E-state index is 11.8. The van der Waals surface area contributed by atoms with E-state index in [1.165, 1.54) is 27.4 Å². The van der Waals surface area contributed by atoms with Gasteiger partial charge in [0.05, 0.1) is 27.0 Å². The quantitative estimate of drug-likeness (QED) is 0.697. The van der Waals surface area contributed by atoms with E-state index < -0.39 is 18.3 Å². The van der Waals surface area contributed by atoms with Gasteiger partial charge in [-0.25, -0.2) is 0 Å². The lowest BCUT2D eigenvalue weighted by Crippen LogP contribution is -2.16. The van der Waals surface area contributed by atoms with Gasteiger partial charge in [-0.05, 0) is 24.3 Å². The van der Waals surface area contributed by atoms with Gasteiger partial charge in [-0.1, -0.05) is 0 Å². The minimum absolute atomic E-state index is 0.272. The standard InChI is InChI=1S/C18H19NO7/c1-23-11-4-6-14(13(8-11)19-17(20)10-18(21)22)26-15-7-5-12(24-2)9-16(15)25-3/h4-9H,10H2,1-3H3,(H,19,20)(H,21,22). The Balaban J connectivity index is 2.33. The smallest absolute Gasteiger partial charge is 0.312 e. The number of benzene rings is 2. The fraction of sp³-hybridized carbons (Fsp3) is 0.222. The highest BCUT2D eigenvalue weighted by Gasteiger charge is 2.15. The first-order valence-corrected chi connectivity index (χ1v) is 7.56. The van der Waals surface area contributed by atoms with Crippen LogP contribution in [0.5, 0.6) is 28.7 Å². The molecule has 26 heavy (non-hydrogen) atoms. The Kier molecular flexibility index (Phi) is 6.26. The van der Waals surface area contributed by atoms with Crippen molar-refractivity contribution >= 4 is 17.6 Å². The molecule has 0 saturated heterocycles. The maximum Gasteiger partial charge on any atom is 0.312 e. The van der Waals surface area contributed by atoms with E-state index >= 15 is 0 Å². The van der Waals surface area contributed by atoms with Crippen LogP contribution in [0.25, 0.3) is 0 Å². The number of hydrogen-bond acceptors (Lipinski definition) is 6. The second-order valence-corrected chi connectivity index (χ2v) is 5.10. The average molecular weight is 361 g/mol. The molecule has 0 aliphatic heterocycles. The van der Waals surface area contributed by atoms with Gasteiger partial charge < -0.3 is 29.4 Å². The molecule has 0 unspecified atom stereocenters. The summed E-state index contributed by atoms with van der Waals surface area (Å²) in [6, 6.07) is 9.79. The Bertz CT molecular complexity index is 804. The highest BCUT2D eigenvalue weighted by molar-refractivity contribution is 6.02. The minimum Gasteiger partial charge on any atom is -0.497 e. The van der Waals surface area contributed by atoms with Gasteiger partial charge in [0.2, 0.25) is 5.91 Å². The lowest BCUT2D eigenvalue weighted by atomic mass is 10.2. The predicted molar refractivity (Wildman–Crippen MR) is 93.5 cm³/mol. The van der Waals surface area contributed by atoms with Crippen LogP contribution in [-0.4, -0.2) is 38.3 Å². The van der Waals surface area contributed by atoms with Crippen LogP contribution < -0.4 is 24.3 Å². The number of carbonyl (C=O) groups is 2. The molecule has 0 heterocycles. The van der Waals surface area contributed by atoms with Gasteiger partial charge in [0, 0.05) is 12.1 Å².